The molecule has 0 radical (unpaired) electrons. The zero-order chi connectivity index (χ0) is 12.6. The normalized spacial score (nSPS) is 21.6. The molecule has 1 saturated heterocycles. The lowest BCUT2D eigenvalue weighted by Crippen LogP contribution is -2.51. The van der Waals surface area contributed by atoms with Crippen molar-refractivity contribution in [3.8, 4) is 0 Å². The van der Waals surface area contributed by atoms with Gasteiger partial charge < -0.3 is 5.32 Å². The van der Waals surface area contributed by atoms with Crippen molar-refractivity contribution in [1.82, 2.24) is 9.62 Å². The summed E-state index contributed by atoms with van der Waals surface area (Å²) < 4.78 is 26.5. The summed E-state index contributed by atoms with van der Waals surface area (Å²) in [6, 6.07) is 2.00. The highest BCUT2D eigenvalue weighted by Gasteiger charge is 2.30. The molecule has 1 aliphatic heterocycles. The molecule has 18 heavy (non-hydrogen) atoms. The van der Waals surface area contributed by atoms with Crippen molar-refractivity contribution < 1.29 is 8.42 Å². The summed E-state index contributed by atoms with van der Waals surface area (Å²) in [5.41, 5.74) is 0. The van der Waals surface area contributed by atoms with Gasteiger partial charge in [-0.05, 0) is 26.8 Å². The Morgan fingerprint density at radius 3 is 2.61 bits per heavy atom. The van der Waals surface area contributed by atoms with Gasteiger partial charge in [0.25, 0.3) is 0 Å². The Morgan fingerprint density at radius 2 is 2.11 bits per heavy atom. The Labute approximate surface area is 119 Å². The fourth-order valence-electron chi connectivity index (χ4n) is 2.12. The molecule has 4 nitrogen and oxygen atoms in total. The molecule has 0 amide bonds. The highest BCUT2D eigenvalue weighted by Crippen LogP contribution is 2.28. The van der Waals surface area contributed by atoms with E-state index in [0.29, 0.717) is 18.0 Å². The van der Waals surface area contributed by atoms with Crippen LogP contribution in [0.2, 0.25) is 0 Å². The monoisotopic (exact) mass is 310 g/mol. The predicted octanol–water partition coefficient (Wildman–Crippen LogP) is 1.77. The first-order chi connectivity index (χ1) is 7.91. The fourth-order valence-corrected chi connectivity index (χ4v) is 5.17. The second kappa shape index (κ2) is 5.88. The van der Waals surface area contributed by atoms with Crippen LogP contribution in [0.25, 0.3) is 0 Å². The van der Waals surface area contributed by atoms with Crippen LogP contribution < -0.4 is 5.32 Å². The van der Waals surface area contributed by atoms with Gasteiger partial charge in [-0.25, -0.2) is 8.42 Å². The highest BCUT2D eigenvalue weighted by atomic mass is 35.5. The zero-order valence-electron chi connectivity index (χ0n) is 10.8. The van der Waals surface area contributed by atoms with Gasteiger partial charge in [0.15, 0.2) is 0 Å². The number of hydrogen-bond donors (Lipinski definition) is 1. The number of halogens is 1. The minimum atomic E-state index is -3.30. The van der Waals surface area contributed by atoms with E-state index >= 15 is 0 Å². The van der Waals surface area contributed by atoms with E-state index in [1.165, 1.54) is 11.3 Å². The molecule has 1 aromatic rings. The smallest absolute Gasteiger partial charge is 0.244 e. The molecule has 0 saturated carbocycles. The van der Waals surface area contributed by atoms with Crippen molar-refractivity contribution in [3.63, 3.8) is 0 Å². The Morgan fingerprint density at radius 1 is 1.44 bits per heavy atom. The van der Waals surface area contributed by atoms with Crippen LogP contribution in [0, 0.1) is 13.8 Å². The van der Waals surface area contributed by atoms with Crippen molar-refractivity contribution in [2.75, 3.05) is 19.6 Å². The fraction of sp³-hybridized carbons (Fsp3) is 0.636. The summed E-state index contributed by atoms with van der Waals surface area (Å²) in [6.07, 6.45) is 0. The van der Waals surface area contributed by atoms with E-state index in [1.807, 2.05) is 20.8 Å². The van der Waals surface area contributed by atoms with Crippen LogP contribution in [0.5, 0.6) is 0 Å². The van der Waals surface area contributed by atoms with Gasteiger partial charge in [-0.15, -0.1) is 23.7 Å². The van der Waals surface area contributed by atoms with Crippen molar-refractivity contribution in [2.24, 2.45) is 0 Å². The Bertz CT molecular complexity index is 513. The molecule has 0 bridgehead atoms. The van der Waals surface area contributed by atoms with Crippen LogP contribution in [-0.4, -0.2) is 38.4 Å². The SMILES string of the molecule is Cc1cc(S(=O)(=O)N2CCNC(C)C2)c(C)s1.Cl. The minimum Gasteiger partial charge on any atom is -0.312 e. The van der Waals surface area contributed by atoms with Crippen LogP contribution in [0.3, 0.4) is 0 Å². The molecular formula is C11H19ClN2O2S2. The molecule has 7 heteroatoms. The number of aryl methyl sites for hydroxylation is 2. The first-order valence-electron chi connectivity index (χ1n) is 5.72. The van der Waals surface area contributed by atoms with Crippen molar-refractivity contribution in [1.29, 1.82) is 0 Å². The lowest BCUT2D eigenvalue weighted by molar-refractivity contribution is 0.310. The van der Waals surface area contributed by atoms with Crippen LogP contribution in [0.1, 0.15) is 16.7 Å². The first-order valence-corrected chi connectivity index (χ1v) is 7.97. The largest absolute Gasteiger partial charge is 0.312 e. The lowest BCUT2D eigenvalue weighted by Gasteiger charge is -2.30. The summed E-state index contributed by atoms with van der Waals surface area (Å²) in [6.45, 7) is 7.65. The number of sulfonamides is 1. The van der Waals surface area contributed by atoms with Gasteiger partial charge in [-0.2, -0.15) is 4.31 Å². The number of rotatable bonds is 2. The van der Waals surface area contributed by atoms with Gasteiger partial charge in [0.2, 0.25) is 10.0 Å². The maximum absolute atomic E-state index is 12.5. The summed E-state index contributed by atoms with van der Waals surface area (Å²) in [7, 11) is -3.30. The third-order valence-electron chi connectivity index (χ3n) is 2.94. The standard InChI is InChI=1S/C11H18N2O2S2.ClH/c1-8-7-13(5-4-12-8)17(14,15)11-6-9(2)16-10(11)3;/h6,8,12H,4-5,7H2,1-3H3;1H. The van der Waals surface area contributed by atoms with Crippen LogP contribution in [0.4, 0.5) is 0 Å². The Hall–Kier alpha value is -0.140. The molecule has 0 spiro atoms. The molecule has 0 aliphatic carbocycles. The molecule has 1 atom stereocenters. The van der Waals surface area contributed by atoms with Gasteiger partial charge in [0.05, 0.1) is 4.90 Å². The van der Waals surface area contributed by atoms with E-state index in [0.717, 1.165) is 16.3 Å². The van der Waals surface area contributed by atoms with Crippen molar-refractivity contribution >= 4 is 33.8 Å². The summed E-state index contributed by atoms with van der Waals surface area (Å²) in [5.74, 6) is 0. The third-order valence-corrected chi connectivity index (χ3v) is 6.03. The van der Waals surface area contributed by atoms with Gasteiger partial charge in [-0.1, -0.05) is 0 Å². The van der Waals surface area contributed by atoms with Crippen LogP contribution >= 0.6 is 23.7 Å². The molecule has 2 rings (SSSR count). The molecular weight excluding hydrogens is 292 g/mol. The van der Waals surface area contributed by atoms with E-state index in [4.69, 9.17) is 0 Å². The van der Waals surface area contributed by atoms with Crippen molar-refractivity contribution in [2.45, 2.75) is 31.7 Å². The van der Waals surface area contributed by atoms with Gasteiger partial charge >= 0.3 is 0 Å². The van der Waals surface area contributed by atoms with E-state index in [-0.39, 0.29) is 18.4 Å². The molecule has 2 heterocycles. The van der Waals surface area contributed by atoms with E-state index in [9.17, 15) is 8.42 Å². The predicted molar refractivity (Wildman–Crippen MR) is 77.3 cm³/mol. The maximum Gasteiger partial charge on any atom is 0.244 e. The second-order valence-corrected chi connectivity index (χ2v) is 7.86. The van der Waals surface area contributed by atoms with E-state index in [2.05, 4.69) is 5.32 Å². The summed E-state index contributed by atoms with van der Waals surface area (Å²) >= 11 is 1.54. The number of nitrogens with one attached hydrogen (secondary N) is 1. The van der Waals surface area contributed by atoms with Crippen LogP contribution in [-0.2, 0) is 10.0 Å². The molecule has 0 aromatic carbocycles. The molecule has 1 fully saturated rings. The van der Waals surface area contributed by atoms with Crippen molar-refractivity contribution in [3.05, 3.63) is 15.8 Å². The number of nitrogens with zero attached hydrogens (tertiary/aromatic N) is 1. The molecule has 1 N–H and O–H groups in total. The first kappa shape index (κ1) is 15.9. The van der Waals surface area contributed by atoms with Crippen LogP contribution in [0.15, 0.2) is 11.0 Å². The zero-order valence-corrected chi connectivity index (χ0v) is 13.2. The maximum atomic E-state index is 12.5. The van der Waals surface area contributed by atoms with E-state index in [1.54, 1.807) is 10.4 Å². The molecule has 1 unspecified atom stereocenters. The number of piperazine rings is 1. The highest BCUT2D eigenvalue weighted by molar-refractivity contribution is 7.89. The summed E-state index contributed by atoms with van der Waals surface area (Å²) in [5, 5.41) is 3.25. The molecule has 1 aromatic heterocycles. The summed E-state index contributed by atoms with van der Waals surface area (Å²) in [4.78, 5) is 2.41. The van der Waals surface area contributed by atoms with Gasteiger partial charge in [0, 0.05) is 35.4 Å². The second-order valence-electron chi connectivity index (χ2n) is 4.50. The topological polar surface area (TPSA) is 49.4 Å². The number of thiophene rings is 1. The Kier molecular flexibility index (Phi) is 5.20. The lowest BCUT2D eigenvalue weighted by atomic mass is 10.3. The Balaban J connectivity index is 0.00000162. The average molecular weight is 311 g/mol. The number of hydrogen-bond acceptors (Lipinski definition) is 4. The quantitative estimate of drug-likeness (QED) is 0.905. The molecule has 1 aliphatic rings. The van der Waals surface area contributed by atoms with Gasteiger partial charge in [0.1, 0.15) is 0 Å². The molecule has 104 valence electrons. The van der Waals surface area contributed by atoms with E-state index < -0.39 is 10.0 Å². The van der Waals surface area contributed by atoms with Gasteiger partial charge in [-0.3, -0.25) is 0 Å². The minimum absolute atomic E-state index is 0. The average Bonchev–Trinajstić information content (AvgIpc) is 2.58. The third kappa shape index (κ3) is 3.05.